The van der Waals surface area contributed by atoms with E-state index >= 15 is 0 Å². The zero-order valence-electron chi connectivity index (χ0n) is 13.0. The van der Waals surface area contributed by atoms with Crippen LogP contribution in [0.2, 0.25) is 0 Å². The quantitative estimate of drug-likeness (QED) is 0.934. The molecule has 1 saturated heterocycles. The molecule has 2 aromatic rings. The van der Waals surface area contributed by atoms with Crippen LogP contribution in [-0.2, 0) is 12.1 Å². The van der Waals surface area contributed by atoms with E-state index in [0.29, 0.717) is 0 Å². The molecule has 21 heavy (non-hydrogen) atoms. The number of nitrogens with zero attached hydrogens (tertiary/aromatic N) is 1. The molecule has 2 heteroatoms. The lowest BCUT2D eigenvalue weighted by Crippen LogP contribution is -2.40. The molecular weight excluding hydrogens is 256 g/mol. The predicted octanol–water partition coefficient (Wildman–Crippen LogP) is 3.36. The van der Waals surface area contributed by atoms with Gasteiger partial charge in [0.25, 0.3) is 0 Å². The number of rotatable bonds is 3. The summed E-state index contributed by atoms with van der Waals surface area (Å²) in [6.07, 6.45) is 1.03. The normalized spacial score (nSPS) is 22.6. The first kappa shape index (κ1) is 14.3. The van der Waals surface area contributed by atoms with Crippen molar-refractivity contribution in [3.63, 3.8) is 0 Å². The summed E-state index contributed by atoms with van der Waals surface area (Å²) in [5.74, 6) is 0. The van der Waals surface area contributed by atoms with Crippen LogP contribution in [0, 0.1) is 13.8 Å². The summed E-state index contributed by atoms with van der Waals surface area (Å²) < 4.78 is 0. The topological polar surface area (TPSA) is 29.3 Å². The summed E-state index contributed by atoms with van der Waals surface area (Å²) in [4.78, 5) is 2.47. The minimum absolute atomic E-state index is 0.204. The Balaban J connectivity index is 1.79. The Labute approximate surface area is 127 Å². The second kappa shape index (κ2) is 5.63. The highest BCUT2D eigenvalue weighted by molar-refractivity contribution is 5.40. The Hall–Kier alpha value is -1.64. The van der Waals surface area contributed by atoms with Gasteiger partial charge in [0.2, 0.25) is 0 Å². The van der Waals surface area contributed by atoms with Crippen LogP contribution in [0.15, 0.2) is 48.5 Å². The van der Waals surface area contributed by atoms with Gasteiger partial charge in [-0.15, -0.1) is 0 Å². The molecule has 0 bridgehead atoms. The molecule has 2 aromatic carbocycles. The molecule has 1 heterocycles. The maximum Gasteiger partial charge on any atom is 0.0556 e. The number of hydrogen-bond acceptors (Lipinski definition) is 2. The smallest absolute Gasteiger partial charge is 0.0556 e. The predicted molar refractivity (Wildman–Crippen MR) is 88.1 cm³/mol. The van der Waals surface area contributed by atoms with E-state index < -0.39 is 0 Å². The van der Waals surface area contributed by atoms with Gasteiger partial charge in [-0.2, -0.15) is 0 Å². The summed E-state index contributed by atoms with van der Waals surface area (Å²) in [6.45, 7) is 7.35. The Bertz CT molecular complexity index is 600. The van der Waals surface area contributed by atoms with E-state index in [1.807, 2.05) is 0 Å². The number of aryl methyl sites for hydroxylation is 2. The summed E-state index contributed by atoms with van der Waals surface area (Å²) >= 11 is 0. The van der Waals surface area contributed by atoms with Gasteiger partial charge in [-0.25, -0.2) is 0 Å². The summed E-state index contributed by atoms with van der Waals surface area (Å²) in [5, 5.41) is 0. The fraction of sp³-hybridized carbons (Fsp3) is 0.368. The number of nitrogens with two attached hydrogens (primary N) is 1. The van der Waals surface area contributed by atoms with Crippen molar-refractivity contribution < 1.29 is 0 Å². The van der Waals surface area contributed by atoms with Crippen molar-refractivity contribution in [1.82, 2.24) is 4.90 Å². The van der Waals surface area contributed by atoms with Crippen molar-refractivity contribution in [2.75, 3.05) is 13.1 Å². The zero-order valence-corrected chi connectivity index (χ0v) is 13.0. The largest absolute Gasteiger partial charge is 0.320 e. The highest BCUT2D eigenvalue weighted by atomic mass is 15.2. The molecule has 1 aliphatic heterocycles. The van der Waals surface area contributed by atoms with E-state index in [4.69, 9.17) is 5.73 Å². The average Bonchev–Trinajstić information content (AvgIpc) is 2.81. The Kier molecular flexibility index (Phi) is 3.83. The lowest BCUT2D eigenvalue weighted by Gasteiger charge is -2.29. The van der Waals surface area contributed by atoms with Gasteiger partial charge in [-0.1, -0.05) is 48.5 Å². The molecule has 0 radical (unpaired) electrons. The molecular formula is C19H24N2. The first-order chi connectivity index (χ1) is 10.1. The molecule has 2 N–H and O–H groups in total. The van der Waals surface area contributed by atoms with Crippen LogP contribution >= 0.6 is 0 Å². The monoisotopic (exact) mass is 280 g/mol. The number of benzene rings is 2. The molecule has 1 unspecified atom stereocenters. The third-order valence-corrected chi connectivity index (χ3v) is 4.61. The van der Waals surface area contributed by atoms with Gasteiger partial charge in [-0.05, 0) is 42.5 Å². The third-order valence-electron chi connectivity index (χ3n) is 4.61. The van der Waals surface area contributed by atoms with E-state index in [1.54, 1.807) is 0 Å². The van der Waals surface area contributed by atoms with Gasteiger partial charge < -0.3 is 5.73 Å². The molecule has 1 atom stereocenters. The minimum Gasteiger partial charge on any atom is -0.320 e. The van der Waals surface area contributed by atoms with Crippen LogP contribution < -0.4 is 5.73 Å². The van der Waals surface area contributed by atoms with E-state index in [9.17, 15) is 0 Å². The van der Waals surface area contributed by atoms with Crippen molar-refractivity contribution in [2.45, 2.75) is 32.4 Å². The SMILES string of the molecule is Cc1cccc(C)c1C1(N)CCN(Cc2ccccc2)C1. The second-order valence-corrected chi connectivity index (χ2v) is 6.37. The zero-order chi connectivity index (χ0) is 14.9. The van der Waals surface area contributed by atoms with Crippen LogP contribution in [0.4, 0.5) is 0 Å². The maximum atomic E-state index is 6.78. The van der Waals surface area contributed by atoms with Crippen LogP contribution in [0.25, 0.3) is 0 Å². The van der Waals surface area contributed by atoms with E-state index in [0.717, 1.165) is 26.1 Å². The van der Waals surface area contributed by atoms with Gasteiger partial charge in [-0.3, -0.25) is 4.90 Å². The molecule has 3 rings (SSSR count). The van der Waals surface area contributed by atoms with Crippen LogP contribution in [0.5, 0.6) is 0 Å². The van der Waals surface area contributed by atoms with Crippen molar-refractivity contribution in [3.8, 4) is 0 Å². The lowest BCUT2D eigenvalue weighted by molar-refractivity contribution is 0.304. The van der Waals surface area contributed by atoms with E-state index in [1.165, 1.54) is 22.3 Å². The molecule has 1 fully saturated rings. The molecule has 0 amide bonds. The van der Waals surface area contributed by atoms with Gasteiger partial charge >= 0.3 is 0 Å². The second-order valence-electron chi connectivity index (χ2n) is 6.37. The molecule has 0 aromatic heterocycles. The van der Waals surface area contributed by atoms with Crippen LogP contribution in [0.1, 0.15) is 28.7 Å². The average molecular weight is 280 g/mol. The lowest BCUT2D eigenvalue weighted by atomic mass is 9.84. The molecule has 0 aliphatic carbocycles. The van der Waals surface area contributed by atoms with Crippen molar-refractivity contribution >= 4 is 0 Å². The first-order valence-electron chi connectivity index (χ1n) is 7.70. The van der Waals surface area contributed by atoms with Gasteiger partial charge in [0.05, 0.1) is 5.54 Å². The van der Waals surface area contributed by atoms with Crippen LogP contribution in [0.3, 0.4) is 0 Å². The molecule has 1 aliphatic rings. The molecule has 110 valence electrons. The Morgan fingerprint density at radius 3 is 2.33 bits per heavy atom. The maximum absolute atomic E-state index is 6.78. The van der Waals surface area contributed by atoms with E-state index in [2.05, 4.69) is 67.3 Å². The minimum atomic E-state index is -0.204. The Morgan fingerprint density at radius 2 is 1.67 bits per heavy atom. The van der Waals surface area contributed by atoms with E-state index in [-0.39, 0.29) is 5.54 Å². The third kappa shape index (κ3) is 2.87. The van der Waals surface area contributed by atoms with Crippen molar-refractivity contribution in [1.29, 1.82) is 0 Å². The number of likely N-dealkylation sites (tertiary alicyclic amines) is 1. The highest BCUT2D eigenvalue weighted by Crippen LogP contribution is 2.34. The molecule has 2 nitrogen and oxygen atoms in total. The van der Waals surface area contributed by atoms with Crippen molar-refractivity contribution in [3.05, 3.63) is 70.8 Å². The number of hydrogen-bond donors (Lipinski definition) is 1. The summed E-state index contributed by atoms with van der Waals surface area (Å²) in [5.41, 5.74) is 11.9. The van der Waals surface area contributed by atoms with Gasteiger partial charge in [0.1, 0.15) is 0 Å². The van der Waals surface area contributed by atoms with Gasteiger partial charge in [0.15, 0.2) is 0 Å². The first-order valence-corrected chi connectivity index (χ1v) is 7.70. The Morgan fingerprint density at radius 1 is 1.00 bits per heavy atom. The van der Waals surface area contributed by atoms with Crippen LogP contribution in [-0.4, -0.2) is 18.0 Å². The van der Waals surface area contributed by atoms with Gasteiger partial charge in [0, 0.05) is 19.6 Å². The summed E-state index contributed by atoms with van der Waals surface area (Å²) in [7, 11) is 0. The fourth-order valence-electron chi connectivity index (χ4n) is 3.70. The highest BCUT2D eigenvalue weighted by Gasteiger charge is 2.37. The van der Waals surface area contributed by atoms with Crippen molar-refractivity contribution in [2.24, 2.45) is 5.73 Å². The fourth-order valence-corrected chi connectivity index (χ4v) is 3.70. The standard InChI is InChI=1S/C19H24N2/c1-15-7-6-8-16(2)18(15)19(20)11-12-21(14-19)13-17-9-4-3-5-10-17/h3-10H,11-14,20H2,1-2H3. The molecule has 0 spiro atoms. The molecule has 0 saturated carbocycles. The summed E-state index contributed by atoms with van der Waals surface area (Å²) in [6, 6.07) is 17.1.